The molecular weight excluding hydrogens is 315 g/mol. The fourth-order valence-electron chi connectivity index (χ4n) is 1.94. The maximum atomic E-state index is 12.6. The third kappa shape index (κ3) is 3.56. The molecule has 0 saturated heterocycles. The first-order valence-corrected chi connectivity index (χ1v) is 7.18. The summed E-state index contributed by atoms with van der Waals surface area (Å²) in [5, 5.41) is 6.11. The Morgan fingerprint density at radius 1 is 1.36 bits per heavy atom. The van der Waals surface area contributed by atoms with Crippen molar-refractivity contribution in [2.24, 2.45) is 0 Å². The summed E-state index contributed by atoms with van der Waals surface area (Å²) in [6.45, 7) is 1.72. The van der Waals surface area contributed by atoms with Gasteiger partial charge < -0.3 is 10.6 Å². The van der Waals surface area contributed by atoms with Gasteiger partial charge in [0.05, 0.1) is 16.8 Å². The highest BCUT2D eigenvalue weighted by molar-refractivity contribution is 7.10. The monoisotopic (exact) mass is 329 g/mol. The van der Waals surface area contributed by atoms with Gasteiger partial charge in [0.1, 0.15) is 5.00 Å². The summed E-state index contributed by atoms with van der Waals surface area (Å²) in [5.74, 6) is -0.368. The van der Waals surface area contributed by atoms with Crippen molar-refractivity contribution >= 4 is 22.4 Å². The molecule has 0 spiro atoms. The van der Waals surface area contributed by atoms with Gasteiger partial charge in [-0.25, -0.2) is 0 Å². The molecule has 118 valence electrons. The normalized spacial score (nSPS) is 11.3. The molecule has 0 saturated carbocycles. The summed E-state index contributed by atoms with van der Waals surface area (Å²) in [5.41, 5.74) is 0.647. The van der Waals surface area contributed by atoms with Gasteiger partial charge in [0.2, 0.25) is 0 Å². The summed E-state index contributed by atoms with van der Waals surface area (Å²) in [6.07, 6.45) is -4.40. The Morgan fingerprint density at radius 2 is 2.09 bits per heavy atom. The lowest BCUT2D eigenvalue weighted by Crippen LogP contribution is -2.24. The topological polar surface area (TPSA) is 54.0 Å². The molecule has 1 aromatic carbocycles. The Bertz CT molecular complexity index is 682. The van der Waals surface area contributed by atoms with Gasteiger partial charge >= 0.3 is 6.18 Å². The van der Waals surface area contributed by atoms with Gasteiger partial charge in [-0.3, -0.25) is 4.79 Å². The second kappa shape index (κ2) is 6.35. The number of aryl methyl sites for hydroxylation is 1. The number of rotatable bonds is 4. The number of nitrogens with one attached hydrogen (secondary N) is 2. The van der Waals surface area contributed by atoms with Crippen LogP contribution in [0.4, 0.5) is 18.2 Å². The highest BCUT2D eigenvalue weighted by Gasteiger charge is 2.30. The minimum absolute atomic E-state index is 0.0151. The molecule has 0 aliphatic carbocycles. The number of aromatic nitrogens is 1. The lowest BCUT2D eigenvalue weighted by Gasteiger charge is -2.10. The Hall–Kier alpha value is -2.09. The number of benzene rings is 1. The van der Waals surface area contributed by atoms with Crippen molar-refractivity contribution in [3.63, 3.8) is 0 Å². The first-order valence-electron chi connectivity index (χ1n) is 6.41. The van der Waals surface area contributed by atoms with Crippen LogP contribution >= 0.6 is 11.5 Å². The number of hydrogen-bond acceptors (Lipinski definition) is 4. The molecule has 0 atom stereocenters. The lowest BCUT2D eigenvalue weighted by molar-refractivity contribution is -0.137. The number of amides is 1. The van der Waals surface area contributed by atoms with E-state index in [0.29, 0.717) is 21.8 Å². The van der Waals surface area contributed by atoms with Gasteiger partial charge in [-0.05, 0) is 36.2 Å². The van der Waals surface area contributed by atoms with Crippen molar-refractivity contribution < 1.29 is 18.0 Å². The van der Waals surface area contributed by atoms with Crippen molar-refractivity contribution in [3.05, 3.63) is 46.6 Å². The van der Waals surface area contributed by atoms with Gasteiger partial charge in [-0.1, -0.05) is 12.1 Å². The fourth-order valence-corrected chi connectivity index (χ4v) is 2.68. The summed E-state index contributed by atoms with van der Waals surface area (Å²) in [6, 6.07) is 4.88. The molecule has 0 unspecified atom stereocenters. The zero-order valence-electron chi connectivity index (χ0n) is 11.9. The first kappa shape index (κ1) is 16.3. The number of carbonyl (C=O) groups is 1. The van der Waals surface area contributed by atoms with Gasteiger partial charge in [0.15, 0.2) is 0 Å². The summed E-state index contributed by atoms with van der Waals surface area (Å²) >= 11 is 1.16. The third-order valence-electron chi connectivity index (χ3n) is 3.02. The predicted molar refractivity (Wildman–Crippen MR) is 79.0 cm³/mol. The van der Waals surface area contributed by atoms with Gasteiger partial charge in [0.25, 0.3) is 5.91 Å². The SMILES string of the molecule is CNc1snc(C)c1C(=O)NCc1cccc(C(F)(F)F)c1. The van der Waals surface area contributed by atoms with Crippen molar-refractivity contribution in [2.45, 2.75) is 19.6 Å². The van der Waals surface area contributed by atoms with Crippen molar-refractivity contribution in [3.8, 4) is 0 Å². The molecule has 22 heavy (non-hydrogen) atoms. The van der Waals surface area contributed by atoms with Crippen LogP contribution in [0.15, 0.2) is 24.3 Å². The number of alkyl halides is 3. The molecule has 1 amide bonds. The fraction of sp³-hybridized carbons (Fsp3) is 0.286. The predicted octanol–water partition coefficient (Wildman–Crippen LogP) is 3.44. The van der Waals surface area contributed by atoms with E-state index in [2.05, 4.69) is 15.0 Å². The molecule has 0 aliphatic rings. The van der Waals surface area contributed by atoms with E-state index in [1.165, 1.54) is 12.1 Å². The molecule has 2 aromatic rings. The van der Waals surface area contributed by atoms with Crippen LogP contribution in [0.2, 0.25) is 0 Å². The molecule has 2 N–H and O–H groups in total. The van der Waals surface area contributed by atoms with E-state index >= 15 is 0 Å². The van der Waals surface area contributed by atoms with Crippen LogP contribution in [0, 0.1) is 6.92 Å². The zero-order valence-corrected chi connectivity index (χ0v) is 12.7. The Morgan fingerprint density at radius 3 is 2.73 bits per heavy atom. The molecule has 0 radical (unpaired) electrons. The number of hydrogen-bond donors (Lipinski definition) is 2. The van der Waals surface area contributed by atoms with Crippen LogP contribution in [0.3, 0.4) is 0 Å². The maximum absolute atomic E-state index is 12.6. The van der Waals surface area contributed by atoms with E-state index in [1.807, 2.05) is 0 Å². The minimum Gasteiger partial charge on any atom is -0.378 e. The number of nitrogens with zero attached hydrogens (tertiary/aromatic N) is 1. The second-order valence-electron chi connectivity index (χ2n) is 4.60. The lowest BCUT2D eigenvalue weighted by atomic mass is 10.1. The highest BCUT2D eigenvalue weighted by atomic mass is 32.1. The quantitative estimate of drug-likeness (QED) is 0.903. The van der Waals surface area contributed by atoms with Gasteiger partial charge in [-0.2, -0.15) is 17.5 Å². The summed E-state index contributed by atoms with van der Waals surface area (Å²) in [7, 11) is 1.68. The Kier molecular flexibility index (Phi) is 4.70. The molecule has 1 aromatic heterocycles. The smallest absolute Gasteiger partial charge is 0.378 e. The average Bonchev–Trinajstić information content (AvgIpc) is 2.85. The number of halogens is 3. The van der Waals surface area contributed by atoms with Gasteiger partial charge in [0, 0.05) is 13.6 Å². The highest BCUT2D eigenvalue weighted by Crippen LogP contribution is 2.29. The molecule has 1 heterocycles. The Balaban J connectivity index is 2.10. The molecule has 2 rings (SSSR count). The van der Waals surface area contributed by atoms with Crippen molar-refractivity contribution in [1.29, 1.82) is 0 Å². The van der Waals surface area contributed by atoms with Crippen LogP contribution in [-0.4, -0.2) is 17.3 Å². The maximum Gasteiger partial charge on any atom is 0.416 e. The van der Waals surface area contributed by atoms with E-state index in [9.17, 15) is 18.0 Å². The molecule has 4 nitrogen and oxygen atoms in total. The van der Waals surface area contributed by atoms with Crippen LogP contribution in [0.5, 0.6) is 0 Å². The largest absolute Gasteiger partial charge is 0.416 e. The molecule has 8 heteroatoms. The van der Waals surface area contributed by atoms with Crippen LogP contribution in [-0.2, 0) is 12.7 Å². The van der Waals surface area contributed by atoms with Crippen LogP contribution in [0.25, 0.3) is 0 Å². The molecule has 0 aliphatic heterocycles. The van der Waals surface area contributed by atoms with E-state index < -0.39 is 11.7 Å². The summed E-state index contributed by atoms with van der Waals surface area (Å²) < 4.78 is 42.0. The van der Waals surface area contributed by atoms with E-state index in [1.54, 1.807) is 14.0 Å². The second-order valence-corrected chi connectivity index (χ2v) is 5.38. The number of anilines is 1. The average molecular weight is 329 g/mol. The van der Waals surface area contributed by atoms with Crippen LogP contribution in [0.1, 0.15) is 27.2 Å². The summed E-state index contributed by atoms with van der Waals surface area (Å²) in [4.78, 5) is 12.2. The standard InChI is InChI=1S/C14H14F3N3OS/c1-8-11(13(18-2)22-20-8)12(21)19-7-9-4-3-5-10(6-9)14(15,16)17/h3-6,18H,7H2,1-2H3,(H,19,21). The van der Waals surface area contributed by atoms with Crippen LogP contribution < -0.4 is 10.6 Å². The van der Waals surface area contributed by atoms with Gasteiger partial charge in [-0.15, -0.1) is 0 Å². The molecule has 0 fully saturated rings. The zero-order chi connectivity index (χ0) is 16.3. The molecular formula is C14H14F3N3OS. The van der Waals surface area contributed by atoms with E-state index in [-0.39, 0.29) is 12.5 Å². The van der Waals surface area contributed by atoms with Crippen molar-refractivity contribution in [1.82, 2.24) is 9.69 Å². The molecule has 0 bridgehead atoms. The van der Waals surface area contributed by atoms with E-state index in [4.69, 9.17) is 0 Å². The van der Waals surface area contributed by atoms with E-state index in [0.717, 1.165) is 23.7 Å². The van der Waals surface area contributed by atoms with Crippen molar-refractivity contribution in [2.75, 3.05) is 12.4 Å². The number of carbonyl (C=O) groups excluding carboxylic acids is 1. The first-order chi connectivity index (χ1) is 10.3. The third-order valence-corrected chi connectivity index (χ3v) is 3.98. The Labute approximate surface area is 129 Å². The minimum atomic E-state index is -4.40.